The molecule has 0 aliphatic heterocycles. The van der Waals surface area contributed by atoms with Gasteiger partial charge in [0.05, 0.1) is 23.9 Å². The maximum Gasteiger partial charge on any atom is 0.341 e. The van der Waals surface area contributed by atoms with Crippen molar-refractivity contribution in [3.05, 3.63) is 43.1 Å². The van der Waals surface area contributed by atoms with Crippen LogP contribution in [0.5, 0.6) is 0 Å². The summed E-state index contributed by atoms with van der Waals surface area (Å²) in [5, 5.41) is 3.92. The summed E-state index contributed by atoms with van der Waals surface area (Å²) in [5.74, 6) is -0.774. The van der Waals surface area contributed by atoms with E-state index in [1.165, 1.54) is 33.6 Å². The first-order valence-electron chi connectivity index (χ1n) is 9.97. The SMILES string of the molecule is CCOC(=O)c1c(NC(=O)Cn2cnc3sc(C)c(C)c3c2=O)sc2c1CCCC2. The summed E-state index contributed by atoms with van der Waals surface area (Å²) < 4.78 is 6.54. The maximum absolute atomic E-state index is 12.8. The molecule has 30 heavy (non-hydrogen) atoms. The number of fused-ring (bicyclic) bond motifs is 2. The Labute approximate surface area is 181 Å². The Morgan fingerprint density at radius 1 is 1.23 bits per heavy atom. The molecule has 0 unspecified atom stereocenters. The number of nitrogens with one attached hydrogen (secondary N) is 1. The van der Waals surface area contributed by atoms with Gasteiger partial charge in [-0.1, -0.05) is 0 Å². The van der Waals surface area contributed by atoms with Gasteiger partial charge in [-0.05, 0) is 57.6 Å². The van der Waals surface area contributed by atoms with Crippen LogP contribution in [0.1, 0.15) is 51.0 Å². The van der Waals surface area contributed by atoms with Gasteiger partial charge in [-0.25, -0.2) is 9.78 Å². The number of nitrogens with zero attached hydrogens (tertiary/aromatic N) is 2. The molecule has 1 aliphatic carbocycles. The van der Waals surface area contributed by atoms with Gasteiger partial charge >= 0.3 is 5.97 Å². The molecule has 0 saturated heterocycles. The van der Waals surface area contributed by atoms with Crippen molar-refractivity contribution >= 4 is 49.8 Å². The largest absolute Gasteiger partial charge is 0.462 e. The molecular weight excluding hydrogens is 422 g/mol. The molecule has 7 nitrogen and oxygen atoms in total. The van der Waals surface area contributed by atoms with Crippen molar-refractivity contribution in [2.24, 2.45) is 0 Å². The van der Waals surface area contributed by atoms with Gasteiger partial charge in [0, 0.05) is 9.75 Å². The average Bonchev–Trinajstić information content (AvgIpc) is 3.21. The van der Waals surface area contributed by atoms with Gasteiger partial charge in [0.2, 0.25) is 5.91 Å². The fourth-order valence-corrected chi connectivity index (χ4v) is 6.06. The van der Waals surface area contributed by atoms with Gasteiger partial charge in [-0.3, -0.25) is 14.2 Å². The van der Waals surface area contributed by atoms with E-state index in [9.17, 15) is 14.4 Å². The first-order chi connectivity index (χ1) is 14.4. The standard InChI is InChI=1S/C21H23N3O4S2/c1-4-28-21(27)17-13-7-5-6-8-14(13)30-19(17)23-15(25)9-24-10-22-18-16(20(24)26)11(2)12(3)29-18/h10H,4-9H2,1-3H3,(H,23,25). The van der Waals surface area contributed by atoms with Crippen molar-refractivity contribution in [1.82, 2.24) is 9.55 Å². The third-order valence-electron chi connectivity index (χ3n) is 5.37. The van der Waals surface area contributed by atoms with Gasteiger partial charge < -0.3 is 10.1 Å². The quantitative estimate of drug-likeness (QED) is 0.603. The highest BCUT2D eigenvalue weighted by molar-refractivity contribution is 7.18. The summed E-state index contributed by atoms with van der Waals surface area (Å²) >= 11 is 2.91. The zero-order valence-corrected chi connectivity index (χ0v) is 18.8. The molecule has 3 aromatic heterocycles. The number of rotatable bonds is 5. The van der Waals surface area contributed by atoms with E-state index in [1.54, 1.807) is 6.92 Å². The number of carbonyl (C=O) groups excluding carboxylic acids is 2. The smallest absolute Gasteiger partial charge is 0.341 e. The third-order valence-corrected chi connectivity index (χ3v) is 7.70. The van der Waals surface area contributed by atoms with Crippen molar-refractivity contribution < 1.29 is 14.3 Å². The number of anilines is 1. The number of amides is 1. The first kappa shape index (κ1) is 20.7. The predicted octanol–water partition coefficient (Wildman–Crippen LogP) is 3.83. The monoisotopic (exact) mass is 445 g/mol. The fraction of sp³-hybridized carbons (Fsp3) is 0.429. The number of hydrogen-bond acceptors (Lipinski definition) is 7. The Balaban J connectivity index is 1.62. The van der Waals surface area contributed by atoms with Crippen LogP contribution >= 0.6 is 22.7 Å². The van der Waals surface area contributed by atoms with E-state index >= 15 is 0 Å². The molecule has 9 heteroatoms. The topological polar surface area (TPSA) is 90.3 Å². The molecule has 0 radical (unpaired) electrons. The Morgan fingerprint density at radius 2 is 2.00 bits per heavy atom. The van der Waals surface area contributed by atoms with Crippen LogP contribution < -0.4 is 10.9 Å². The zero-order chi connectivity index (χ0) is 21.4. The lowest BCUT2D eigenvalue weighted by atomic mass is 9.95. The summed E-state index contributed by atoms with van der Waals surface area (Å²) in [6, 6.07) is 0. The molecule has 0 saturated carbocycles. The molecule has 1 amide bonds. The van der Waals surface area contributed by atoms with E-state index in [1.807, 2.05) is 13.8 Å². The molecule has 0 bridgehead atoms. The highest BCUT2D eigenvalue weighted by Crippen LogP contribution is 2.38. The third kappa shape index (κ3) is 3.67. The molecule has 3 aromatic rings. The van der Waals surface area contributed by atoms with Crippen molar-refractivity contribution in [1.29, 1.82) is 0 Å². The lowest BCUT2D eigenvalue weighted by Crippen LogP contribution is -2.28. The second-order valence-corrected chi connectivity index (χ2v) is 9.63. The van der Waals surface area contributed by atoms with Crippen LogP contribution in [0.25, 0.3) is 10.2 Å². The Bertz CT molecular complexity index is 1210. The number of ether oxygens (including phenoxy) is 1. The number of hydrogen-bond donors (Lipinski definition) is 1. The van der Waals surface area contributed by atoms with E-state index in [2.05, 4.69) is 10.3 Å². The van der Waals surface area contributed by atoms with Crippen LogP contribution in [-0.4, -0.2) is 28.0 Å². The minimum atomic E-state index is -0.406. The molecule has 158 valence electrons. The van der Waals surface area contributed by atoms with Crippen LogP contribution in [0.3, 0.4) is 0 Å². The van der Waals surface area contributed by atoms with Gasteiger partial charge in [0.25, 0.3) is 5.56 Å². The van der Waals surface area contributed by atoms with Crippen LogP contribution in [0, 0.1) is 13.8 Å². The molecule has 3 heterocycles. The molecule has 0 atom stereocenters. The fourth-order valence-electron chi connectivity index (χ4n) is 3.78. The van der Waals surface area contributed by atoms with Gasteiger partial charge in [0.15, 0.2) is 0 Å². The van der Waals surface area contributed by atoms with Crippen LogP contribution in [-0.2, 0) is 28.9 Å². The van der Waals surface area contributed by atoms with Gasteiger partial charge in [-0.15, -0.1) is 22.7 Å². The highest BCUT2D eigenvalue weighted by atomic mass is 32.1. The van der Waals surface area contributed by atoms with E-state index in [4.69, 9.17) is 4.74 Å². The number of aryl methyl sites for hydroxylation is 3. The molecule has 1 aliphatic rings. The highest BCUT2D eigenvalue weighted by Gasteiger charge is 2.27. The number of carbonyl (C=O) groups is 2. The van der Waals surface area contributed by atoms with E-state index in [0.717, 1.165) is 46.6 Å². The second-order valence-electron chi connectivity index (χ2n) is 7.32. The minimum absolute atomic E-state index is 0.166. The Hall–Kier alpha value is -2.52. The number of esters is 1. The Morgan fingerprint density at radius 3 is 2.77 bits per heavy atom. The number of aromatic nitrogens is 2. The summed E-state index contributed by atoms with van der Waals surface area (Å²) in [6.45, 7) is 5.72. The van der Waals surface area contributed by atoms with Crippen LogP contribution in [0.15, 0.2) is 11.1 Å². The van der Waals surface area contributed by atoms with Crippen LogP contribution in [0.4, 0.5) is 5.00 Å². The normalized spacial score (nSPS) is 13.3. The lowest BCUT2D eigenvalue weighted by molar-refractivity contribution is -0.116. The first-order valence-corrected chi connectivity index (χ1v) is 11.6. The maximum atomic E-state index is 12.8. The number of thiophene rings is 2. The van der Waals surface area contributed by atoms with Gasteiger partial charge in [0.1, 0.15) is 16.4 Å². The van der Waals surface area contributed by atoms with Crippen LogP contribution in [0.2, 0.25) is 0 Å². The lowest BCUT2D eigenvalue weighted by Gasteiger charge is -2.12. The molecule has 1 N–H and O–H groups in total. The Kier molecular flexibility index (Phi) is 5.75. The van der Waals surface area contributed by atoms with Crippen molar-refractivity contribution in [2.45, 2.75) is 53.0 Å². The summed E-state index contributed by atoms with van der Waals surface area (Å²) in [5.41, 5.74) is 2.13. The summed E-state index contributed by atoms with van der Waals surface area (Å²) in [7, 11) is 0. The minimum Gasteiger partial charge on any atom is -0.462 e. The molecule has 0 aromatic carbocycles. The molecule has 4 rings (SSSR count). The van der Waals surface area contributed by atoms with E-state index < -0.39 is 5.97 Å². The zero-order valence-electron chi connectivity index (χ0n) is 17.2. The molecular formula is C21H23N3O4S2. The van der Waals surface area contributed by atoms with E-state index in [0.29, 0.717) is 20.8 Å². The second kappa shape index (κ2) is 8.31. The van der Waals surface area contributed by atoms with Crippen molar-refractivity contribution in [2.75, 3.05) is 11.9 Å². The molecule has 0 fully saturated rings. The van der Waals surface area contributed by atoms with Crippen molar-refractivity contribution in [3.63, 3.8) is 0 Å². The van der Waals surface area contributed by atoms with E-state index in [-0.39, 0.29) is 24.6 Å². The van der Waals surface area contributed by atoms with Crippen molar-refractivity contribution in [3.8, 4) is 0 Å². The summed E-state index contributed by atoms with van der Waals surface area (Å²) in [6.07, 6.45) is 5.21. The predicted molar refractivity (Wildman–Crippen MR) is 119 cm³/mol. The summed E-state index contributed by atoms with van der Waals surface area (Å²) in [4.78, 5) is 45.4. The van der Waals surface area contributed by atoms with Gasteiger partial charge in [-0.2, -0.15) is 0 Å². The molecule has 0 spiro atoms. The average molecular weight is 446 g/mol.